The smallest absolute Gasteiger partial charge is 0.252 e. The normalized spacial score (nSPS) is 12.9. The monoisotopic (exact) mass is 1290 g/mol. The van der Waals surface area contributed by atoms with Crippen molar-refractivity contribution >= 4 is 165 Å². The van der Waals surface area contributed by atoms with Gasteiger partial charge in [-0.25, -0.2) is 0 Å². The summed E-state index contributed by atoms with van der Waals surface area (Å²) >= 11 is 1.91. The molecule has 5 nitrogen and oxygen atoms in total. The van der Waals surface area contributed by atoms with Crippen LogP contribution < -0.4 is 57.3 Å². The van der Waals surface area contributed by atoms with Crippen molar-refractivity contribution in [2.75, 3.05) is 24.5 Å². The second kappa shape index (κ2) is 23.7. The molecule has 0 fully saturated rings. The fourth-order valence-electron chi connectivity index (χ4n) is 16.7. The van der Waals surface area contributed by atoms with Gasteiger partial charge in [0, 0.05) is 89.4 Å². The van der Waals surface area contributed by atoms with Gasteiger partial charge in [-0.2, -0.15) is 0 Å². The molecule has 8 heteroatoms. The Morgan fingerprint density at radius 2 is 0.560 bits per heavy atom. The van der Waals surface area contributed by atoms with E-state index in [0.29, 0.717) is 0 Å². The Bertz CT molecular complexity index is 5720. The highest BCUT2D eigenvalue weighted by Gasteiger charge is 2.48. The molecule has 0 aromatic heterocycles. The molecule has 0 N–H and O–H groups in total. The van der Waals surface area contributed by atoms with Gasteiger partial charge in [-0.15, -0.1) is 0 Å². The number of nitrogens with zero attached hydrogens (tertiary/aromatic N) is 5. The van der Waals surface area contributed by atoms with Gasteiger partial charge in [0.15, 0.2) is 0 Å². The highest BCUT2D eigenvalue weighted by molar-refractivity contribution is 8.00. The van der Waals surface area contributed by atoms with Crippen molar-refractivity contribution in [3.8, 4) is 22.3 Å². The van der Waals surface area contributed by atoms with E-state index in [4.69, 9.17) is 0 Å². The topological polar surface area (TPSA) is 16.2 Å². The van der Waals surface area contributed by atoms with Gasteiger partial charge in [-0.3, -0.25) is 0 Å². The molecule has 20 rings (SSSR count). The Hall–Kier alpha value is -12.5. The van der Waals surface area contributed by atoms with E-state index in [2.05, 4.69) is 395 Å². The third kappa shape index (κ3) is 9.21. The molecule has 466 valence electrons. The molecule has 100 heavy (non-hydrogen) atoms. The lowest BCUT2D eigenvalue weighted by Gasteiger charge is -2.46. The van der Waals surface area contributed by atoms with E-state index in [0.717, 1.165) is 79.5 Å². The fourth-order valence-corrected chi connectivity index (χ4v) is 17.9. The number of hydrogen-bond donors (Lipinski definition) is 0. The summed E-state index contributed by atoms with van der Waals surface area (Å²) in [5, 5.41) is 4.92. The average molecular weight is 1290 g/mol. The van der Waals surface area contributed by atoms with Gasteiger partial charge in [0.05, 0.1) is 5.69 Å². The summed E-state index contributed by atoms with van der Waals surface area (Å²) in [6, 6.07) is 137. The molecule has 0 amide bonds. The standard InChI is InChI=1S/C92H61B2N5S/c1-8-30-62(31-9-1)89-73-44-22-24-46-75(73)90(76-47-25-23-45-74(76)89)63-52-54-70(55-53-63)99-83-61-87-80(94-78-49-27-29-51-82(78)98(69-42-20-7-21-43-69)86-58-72(59-88(100-87)92(86)94)96(66-36-14-4-15-37-66)67-38-16-5-17-39-67)60-79(83)93-77-48-26-28-50-81(77)97(68-40-18-6-19-41-68)84-56-71(57-85(99)91(84)93)95(64-32-10-2-11-33-64)65-34-12-3-13-35-65/h1-61H. The zero-order valence-corrected chi connectivity index (χ0v) is 55.3. The van der Waals surface area contributed by atoms with E-state index in [1.54, 1.807) is 0 Å². The number of anilines is 15. The van der Waals surface area contributed by atoms with E-state index in [1.165, 1.54) is 92.2 Å². The first-order chi connectivity index (χ1) is 49.7. The molecule has 4 aliphatic heterocycles. The zero-order valence-electron chi connectivity index (χ0n) is 54.5. The SMILES string of the molecule is c1ccc(-c2c3ccccc3c(-c3ccc(N4c5cc6c(cc5B5c7ccccc7N(c7ccccc7)c7cc(N(c8ccccc8)c8ccccc8)cc4c75)B4c5ccccc5N(c5ccccc5)c5cc(N(c7ccccc7)c7ccccc7)cc(c54)S6)cc3)c3ccccc23)cc1. The Kier molecular flexibility index (Phi) is 13.7. The van der Waals surface area contributed by atoms with Gasteiger partial charge in [0.2, 0.25) is 6.71 Å². The average Bonchev–Trinajstić information content (AvgIpc) is 0.692. The van der Waals surface area contributed by atoms with Crippen LogP contribution in [-0.4, -0.2) is 13.4 Å². The van der Waals surface area contributed by atoms with Gasteiger partial charge in [-0.1, -0.05) is 260 Å². The Labute approximate surface area is 587 Å². The summed E-state index contributed by atoms with van der Waals surface area (Å²) in [6.07, 6.45) is 0. The van der Waals surface area contributed by atoms with Gasteiger partial charge in [-0.05, 0) is 199 Å². The summed E-state index contributed by atoms with van der Waals surface area (Å²) in [6.45, 7) is -0.260. The molecule has 16 aromatic rings. The third-order valence-corrected chi connectivity index (χ3v) is 21.9. The maximum absolute atomic E-state index is 2.65. The number of para-hydroxylation sites is 8. The molecule has 4 heterocycles. The maximum Gasteiger partial charge on any atom is 0.252 e. The van der Waals surface area contributed by atoms with Crippen LogP contribution in [0.5, 0.6) is 0 Å². The molecule has 0 atom stereocenters. The summed E-state index contributed by atoms with van der Waals surface area (Å²) in [5.41, 5.74) is 29.3. The van der Waals surface area contributed by atoms with Crippen molar-refractivity contribution in [3.05, 3.63) is 370 Å². The Morgan fingerprint density at radius 3 is 1.01 bits per heavy atom. The minimum absolute atomic E-state index is 0.0995. The third-order valence-electron chi connectivity index (χ3n) is 20.8. The van der Waals surface area contributed by atoms with E-state index in [-0.39, 0.29) is 13.4 Å². The lowest BCUT2D eigenvalue weighted by atomic mass is 9.31. The zero-order chi connectivity index (χ0) is 65.8. The molecule has 0 saturated heterocycles. The summed E-state index contributed by atoms with van der Waals surface area (Å²) in [4.78, 5) is 15.0. The predicted octanol–water partition coefficient (Wildman–Crippen LogP) is 21.1. The minimum Gasteiger partial charge on any atom is -0.311 e. The second-order valence-electron chi connectivity index (χ2n) is 26.3. The molecule has 0 spiro atoms. The van der Waals surface area contributed by atoms with Crippen molar-refractivity contribution in [2.24, 2.45) is 0 Å². The van der Waals surface area contributed by atoms with Crippen LogP contribution in [0.1, 0.15) is 0 Å². The molecule has 0 bridgehead atoms. The van der Waals surface area contributed by atoms with Gasteiger partial charge >= 0.3 is 0 Å². The number of fused-ring (bicyclic) bond motifs is 10. The van der Waals surface area contributed by atoms with Crippen LogP contribution in [0.4, 0.5) is 85.3 Å². The largest absolute Gasteiger partial charge is 0.311 e. The first-order valence-corrected chi connectivity index (χ1v) is 35.3. The number of benzene rings is 16. The highest BCUT2D eigenvalue weighted by Crippen LogP contribution is 2.52. The van der Waals surface area contributed by atoms with Crippen molar-refractivity contribution in [2.45, 2.75) is 9.79 Å². The van der Waals surface area contributed by atoms with Crippen LogP contribution in [0.15, 0.2) is 380 Å². The highest BCUT2D eigenvalue weighted by atomic mass is 32.2. The van der Waals surface area contributed by atoms with E-state index in [1.807, 2.05) is 11.8 Å². The van der Waals surface area contributed by atoms with Crippen LogP contribution in [0.25, 0.3) is 43.8 Å². The molecule has 0 saturated carbocycles. The first kappa shape index (κ1) is 57.7. The van der Waals surface area contributed by atoms with Crippen molar-refractivity contribution in [3.63, 3.8) is 0 Å². The van der Waals surface area contributed by atoms with Gasteiger partial charge < -0.3 is 24.5 Å². The summed E-state index contributed by atoms with van der Waals surface area (Å²) in [5.74, 6) is 0. The maximum atomic E-state index is 2.65. The Morgan fingerprint density at radius 1 is 0.220 bits per heavy atom. The minimum atomic E-state index is -0.160. The van der Waals surface area contributed by atoms with Crippen LogP contribution in [-0.2, 0) is 0 Å². The second-order valence-corrected chi connectivity index (χ2v) is 27.3. The van der Waals surface area contributed by atoms with Gasteiger partial charge in [0.25, 0.3) is 6.71 Å². The van der Waals surface area contributed by atoms with Gasteiger partial charge in [0.1, 0.15) is 0 Å². The fraction of sp³-hybridized carbons (Fsp3) is 0. The lowest BCUT2D eigenvalue weighted by Crippen LogP contribution is -2.64. The number of hydrogen-bond acceptors (Lipinski definition) is 6. The molecular weight excluding hydrogens is 1230 g/mol. The number of rotatable bonds is 11. The van der Waals surface area contributed by atoms with E-state index >= 15 is 0 Å². The Balaban J connectivity index is 0.865. The van der Waals surface area contributed by atoms with Crippen LogP contribution >= 0.6 is 11.8 Å². The molecule has 0 unspecified atom stereocenters. The molecule has 16 aromatic carbocycles. The molecule has 4 aliphatic rings. The van der Waals surface area contributed by atoms with Crippen LogP contribution in [0, 0.1) is 0 Å². The van der Waals surface area contributed by atoms with Crippen molar-refractivity contribution in [1.29, 1.82) is 0 Å². The predicted molar refractivity (Wildman–Crippen MR) is 426 cm³/mol. The van der Waals surface area contributed by atoms with Crippen molar-refractivity contribution < 1.29 is 0 Å². The van der Waals surface area contributed by atoms with Crippen LogP contribution in [0.2, 0.25) is 0 Å². The molecule has 0 aliphatic carbocycles. The quantitative estimate of drug-likeness (QED) is 0.0941. The summed E-state index contributed by atoms with van der Waals surface area (Å²) < 4.78 is 0. The molecular formula is C92H61B2N5S. The van der Waals surface area contributed by atoms with Crippen molar-refractivity contribution in [1.82, 2.24) is 0 Å². The van der Waals surface area contributed by atoms with E-state index < -0.39 is 0 Å². The first-order valence-electron chi connectivity index (χ1n) is 34.5. The summed E-state index contributed by atoms with van der Waals surface area (Å²) in [7, 11) is 0. The lowest BCUT2D eigenvalue weighted by molar-refractivity contribution is 1.22. The molecule has 0 radical (unpaired) electrons. The van der Waals surface area contributed by atoms with E-state index in [9.17, 15) is 0 Å². The van der Waals surface area contributed by atoms with Crippen LogP contribution in [0.3, 0.4) is 0 Å².